The lowest BCUT2D eigenvalue weighted by Crippen LogP contribution is -2.35. The van der Waals surface area contributed by atoms with E-state index < -0.39 is 15.7 Å². The lowest BCUT2D eigenvalue weighted by molar-refractivity contribution is -0.117. The fraction of sp³-hybridized carbons (Fsp3) is 0.500. The molecule has 1 aliphatic heterocycles. The van der Waals surface area contributed by atoms with Crippen molar-refractivity contribution < 1.29 is 13.2 Å². The Balaban J connectivity index is 1.85. The normalized spacial score (nSPS) is 15.8. The standard InChI is InChI=1S/C14H20N2O3S/c15-14(17)6-9-20(18,19)10-8-16-7-5-12-3-1-2-4-13(12)11-16/h1-4H,5-11H2,(H2,15,17). The minimum absolute atomic E-state index is 0.0858. The largest absolute Gasteiger partial charge is 0.370 e. The van der Waals surface area contributed by atoms with Gasteiger partial charge >= 0.3 is 0 Å². The summed E-state index contributed by atoms with van der Waals surface area (Å²) in [5.41, 5.74) is 7.60. The van der Waals surface area contributed by atoms with E-state index in [1.54, 1.807) is 0 Å². The number of benzene rings is 1. The number of rotatable bonds is 6. The fourth-order valence-corrected chi connectivity index (χ4v) is 3.62. The van der Waals surface area contributed by atoms with E-state index in [2.05, 4.69) is 17.0 Å². The van der Waals surface area contributed by atoms with E-state index in [9.17, 15) is 13.2 Å². The molecule has 0 aromatic heterocycles. The lowest BCUT2D eigenvalue weighted by Gasteiger charge is -2.28. The molecule has 2 N–H and O–H groups in total. The zero-order valence-corrected chi connectivity index (χ0v) is 12.2. The Hall–Kier alpha value is -1.40. The van der Waals surface area contributed by atoms with E-state index >= 15 is 0 Å². The number of fused-ring (bicyclic) bond motifs is 1. The number of carbonyl (C=O) groups is 1. The number of hydrogen-bond donors (Lipinski definition) is 1. The van der Waals surface area contributed by atoms with Crippen LogP contribution in [0.2, 0.25) is 0 Å². The molecule has 1 heterocycles. The van der Waals surface area contributed by atoms with Crippen LogP contribution in [0.3, 0.4) is 0 Å². The Kier molecular flexibility index (Phi) is 4.77. The highest BCUT2D eigenvalue weighted by Gasteiger charge is 2.19. The minimum atomic E-state index is -3.20. The van der Waals surface area contributed by atoms with Crippen LogP contribution in [-0.2, 0) is 27.6 Å². The van der Waals surface area contributed by atoms with Crippen molar-refractivity contribution in [1.29, 1.82) is 0 Å². The van der Waals surface area contributed by atoms with Gasteiger partial charge in [-0.15, -0.1) is 0 Å². The van der Waals surface area contributed by atoms with Crippen LogP contribution in [0.25, 0.3) is 0 Å². The first-order valence-electron chi connectivity index (χ1n) is 6.74. The summed E-state index contributed by atoms with van der Waals surface area (Å²) in [7, 11) is -3.20. The zero-order valence-electron chi connectivity index (χ0n) is 11.4. The van der Waals surface area contributed by atoms with Gasteiger partial charge in [-0.2, -0.15) is 0 Å². The molecule has 0 saturated carbocycles. The molecule has 1 amide bonds. The van der Waals surface area contributed by atoms with E-state index in [-0.39, 0.29) is 17.9 Å². The SMILES string of the molecule is NC(=O)CCS(=O)(=O)CCN1CCc2ccccc2C1. The molecule has 0 saturated heterocycles. The van der Waals surface area contributed by atoms with Crippen molar-refractivity contribution in [3.63, 3.8) is 0 Å². The van der Waals surface area contributed by atoms with Gasteiger partial charge in [0.1, 0.15) is 0 Å². The van der Waals surface area contributed by atoms with Gasteiger partial charge in [0.15, 0.2) is 9.84 Å². The molecule has 0 radical (unpaired) electrons. The average Bonchev–Trinajstić information content (AvgIpc) is 2.43. The third-order valence-electron chi connectivity index (χ3n) is 3.59. The molecule has 110 valence electrons. The number of nitrogens with zero attached hydrogens (tertiary/aromatic N) is 1. The van der Waals surface area contributed by atoms with E-state index in [1.165, 1.54) is 11.1 Å². The molecule has 0 unspecified atom stereocenters. The van der Waals surface area contributed by atoms with Crippen molar-refractivity contribution in [2.24, 2.45) is 5.73 Å². The Morgan fingerprint density at radius 3 is 2.60 bits per heavy atom. The predicted molar refractivity (Wildman–Crippen MR) is 77.9 cm³/mol. The molecular formula is C14H20N2O3S. The van der Waals surface area contributed by atoms with Crippen LogP contribution in [0, 0.1) is 0 Å². The van der Waals surface area contributed by atoms with E-state index in [0.717, 1.165) is 19.5 Å². The number of hydrogen-bond acceptors (Lipinski definition) is 4. The second-order valence-electron chi connectivity index (χ2n) is 5.16. The van der Waals surface area contributed by atoms with Crippen LogP contribution in [-0.4, -0.2) is 43.8 Å². The first-order chi connectivity index (χ1) is 9.46. The predicted octanol–water partition coefficient (Wildman–Crippen LogP) is 0.335. The number of amides is 1. The second-order valence-corrected chi connectivity index (χ2v) is 7.47. The van der Waals surface area contributed by atoms with Crippen LogP contribution in [0.15, 0.2) is 24.3 Å². The molecule has 5 nitrogen and oxygen atoms in total. The van der Waals surface area contributed by atoms with Gasteiger partial charge < -0.3 is 5.73 Å². The highest BCUT2D eigenvalue weighted by Crippen LogP contribution is 2.18. The van der Waals surface area contributed by atoms with Crippen LogP contribution < -0.4 is 5.73 Å². The monoisotopic (exact) mass is 296 g/mol. The summed E-state index contributed by atoms with van der Waals surface area (Å²) in [5, 5.41) is 0. The van der Waals surface area contributed by atoms with Gasteiger partial charge in [-0.3, -0.25) is 9.69 Å². The summed E-state index contributed by atoms with van der Waals surface area (Å²) in [6.07, 6.45) is 0.864. The molecule has 0 fully saturated rings. The molecule has 0 spiro atoms. The van der Waals surface area contributed by atoms with Gasteiger partial charge in [0.25, 0.3) is 0 Å². The highest BCUT2D eigenvalue weighted by atomic mass is 32.2. The fourth-order valence-electron chi connectivity index (χ4n) is 2.37. The van der Waals surface area contributed by atoms with Crippen molar-refractivity contribution in [1.82, 2.24) is 4.90 Å². The van der Waals surface area contributed by atoms with E-state index in [0.29, 0.717) is 6.54 Å². The smallest absolute Gasteiger partial charge is 0.218 e. The number of primary amides is 1. The Morgan fingerprint density at radius 2 is 1.90 bits per heavy atom. The van der Waals surface area contributed by atoms with Gasteiger partial charge in [-0.25, -0.2) is 8.42 Å². The first-order valence-corrected chi connectivity index (χ1v) is 8.56. The topological polar surface area (TPSA) is 80.5 Å². The summed E-state index contributed by atoms with van der Waals surface area (Å²) in [4.78, 5) is 12.8. The molecule has 0 aliphatic carbocycles. The molecule has 0 atom stereocenters. The van der Waals surface area contributed by atoms with Crippen molar-refractivity contribution in [2.75, 3.05) is 24.6 Å². The van der Waals surface area contributed by atoms with E-state index in [4.69, 9.17) is 5.73 Å². The zero-order chi connectivity index (χ0) is 14.6. The highest BCUT2D eigenvalue weighted by molar-refractivity contribution is 7.91. The average molecular weight is 296 g/mol. The molecule has 20 heavy (non-hydrogen) atoms. The van der Waals surface area contributed by atoms with Gasteiger partial charge in [0.2, 0.25) is 5.91 Å². The van der Waals surface area contributed by atoms with Crippen molar-refractivity contribution in [3.05, 3.63) is 35.4 Å². The number of nitrogens with two attached hydrogens (primary N) is 1. The summed E-state index contributed by atoms with van der Waals surface area (Å²) >= 11 is 0. The maximum Gasteiger partial charge on any atom is 0.218 e. The lowest BCUT2D eigenvalue weighted by atomic mass is 10.0. The van der Waals surface area contributed by atoms with Crippen molar-refractivity contribution >= 4 is 15.7 Å². The molecule has 2 rings (SSSR count). The molecule has 0 bridgehead atoms. The quantitative estimate of drug-likeness (QED) is 0.820. The Bertz CT molecular complexity index is 584. The van der Waals surface area contributed by atoms with Gasteiger partial charge in [-0.05, 0) is 17.5 Å². The summed E-state index contributed by atoms with van der Waals surface area (Å²) in [5.74, 6) is -0.629. The van der Waals surface area contributed by atoms with Crippen LogP contribution in [0.1, 0.15) is 17.5 Å². The van der Waals surface area contributed by atoms with Gasteiger partial charge in [0.05, 0.1) is 11.5 Å². The first kappa shape index (κ1) is 15.0. The number of carbonyl (C=O) groups excluding carboxylic acids is 1. The molecule has 6 heteroatoms. The maximum absolute atomic E-state index is 11.8. The second kappa shape index (κ2) is 6.37. The van der Waals surface area contributed by atoms with Crippen molar-refractivity contribution in [2.45, 2.75) is 19.4 Å². The molecular weight excluding hydrogens is 276 g/mol. The molecule has 1 aromatic carbocycles. The number of sulfone groups is 1. The maximum atomic E-state index is 11.8. The third-order valence-corrected chi connectivity index (χ3v) is 5.22. The van der Waals surface area contributed by atoms with E-state index in [1.807, 2.05) is 12.1 Å². The van der Waals surface area contributed by atoms with Crippen LogP contribution >= 0.6 is 0 Å². The molecule has 1 aliphatic rings. The van der Waals surface area contributed by atoms with Crippen LogP contribution in [0.4, 0.5) is 0 Å². The summed E-state index contributed by atoms with van der Waals surface area (Å²) in [6, 6.07) is 8.24. The molecule has 1 aromatic rings. The minimum Gasteiger partial charge on any atom is -0.370 e. The van der Waals surface area contributed by atoms with Gasteiger partial charge in [0, 0.05) is 26.1 Å². The summed E-state index contributed by atoms with van der Waals surface area (Å²) in [6.45, 7) is 2.18. The van der Waals surface area contributed by atoms with Crippen LogP contribution in [0.5, 0.6) is 0 Å². The Labute approximate surface area is 119 Å². The third kappa shape index (κ3) is 4.31. The van der Waals surface area contributed by atoms with Crippen molar-refractivity contribution in [3.8, 4) is 0 Å². The Morgan fingerprint density at radius 1 is 1.20 bits per heavy atom. The van der Waals surface area contributed by atoms with Gasteiger partial charge in [-0.1, -0.05) is 24.3 Å². The summed E-state index contributed by atoms with van der Waals surface area (Å²) < 4.78 is 23.6.